The Morgan fingerprint density at radius 3 is 2.78 bits per heavy atom. The monoisotopic (exact) mass is 242 g/mol. The molecule has 0 radical (unpaired) electrons. The first-order valence-electron chi connectivity index (χ1n) is 5.64. The van der Waals surface area contributed by atoms with Crippen LogP contribution in [-0.4, -0.2) is 10.9 Å². The van der Waals surface area contributed by atoms with Crippen LogP contribution in [-0.2, 0) is 0 Å². The topological polar surface area (TPSA) is 50.4 Å². The van der Waals surface area contributed by atoms with E-state index in [9.17, 15) is 9.90 Å². The summed E-state index contributed by atoms with van der Waals surface area (Å²) in [6.45, 7) is 3.66. The first-order chi connectivity index (χ1) is 8.58. The maximum absolute atomic E-state index is 12.0. The standard InChI is InChI=1S/C15H14O3/c1-10-8-11(2)15(17)13(9-10)14(16)6-5-12-4-3-7-18-12/h3-9,17H,1-2H3. The van der Waals surface area contributed by atoms with Gasteiger partial charge >= 0.3 is 0 Å². The molecule has 0 unspecified atom stereocenters. The number of carbonyl (C=O) groups excluding carboxylic acids is 1. The lowest BCUT2D eigenvalue weighted by atomic mass is 10.0. The third kappa shape index (κ3) is 2.51. The van der Waals surface area contributed by atoms with Crippen LogP contribution < -0.4 is 0 Å². The van der Waals surface area contributed by atoms with Gasteiger partial charge in [-0.2, -0.15) is 0 Å². The third-order valence-electron chi connectivity index (χ3n) is 2.65. The van der Waals surface area contributed by atoms with Crippen LogP contribution in [0.1, 0.15) is 27.2 Å². The fourth-order valence-electron chi connectivity index (χ4n) is 1.78. The normalized spacial score (nSPS) is 11.0. The Morgan fingerprint density at radius 1 is 1.33 bits per heavy atom. The van der Waals surface area contributed by atoms with Crippen LogP contribution in [0, 0.1) is 13.8 Å². The van der Waals surface area contributed by atoms with E-state index >= 15 is 0 Å². The number of hydrogen-bond donors (Lipinski definition) is 1. The van der Waals surface area contributed by atoms with Gasteiger partial charge in [0.2, 0.25) is 0 Å². The Labute approximate surface area is 105 Å². The van der Waals surface area contributed by atoms with Crippen molar-refractivity contribution in [3.63, 3.8) is 0 Å². The summed E-state index contributed by atoms with van der Waals surface area (Å²) < 4.78 is 5.10. The molecule has 0 amide bonds. The molecule has 3 heteroatoms. The van der Waals surface area contributed by atoms with E-state index in [-0.39, 0.29) is 11.5 Å². The summed E-state index contributed by atoms with van der Waals surface area (Å²) in [5.74, 6) is 0.401. The second-order valence-corrected chi connectivity index (χ2v) is 4.19. The molecule has 0 aliphatic carbocycles. The molecule has 0 saturated carbocycles. The second kappa shape index (κ2) is 4.92. The number of aromatic hydroxyl groups is 1. The van der Waals surface area contributed by atoms with Crippen LogP contribution in [0.3, 0.4) is 0 Å². The highest BCUT2D eigenvalue weighted by Crippen LogP contribution is 2.24. The summed E-state index contributed by atoms with van der Waals surface area (Å²) in [6, 6.07) is 7.02. The molecule has 0 aliphatic rings. The summed E-state index contributed by atoms with van der Waals surface area (Å²) in [6.07, 6.45) is 4.52. The first-order valence-corrected chi connectivity index (χ1v) is 5.64. The van der Waals surface area contributed by atoms with Gasteiger partial charge in [-0.3, -0.25) is 4.79 Å². The average Bonchev–Trinajstić information content (AvgIpc) is 2.83. The third-order valence-corrected chi connectivity index (χ3v) is 2.65. The van der Waals surface area contributed by atoms with Gasteiger partial charge in [0.05, 0.1) is 11.8 Å². The molecular weight excluding hydrogens is 228 g/mol. The summed E-state index contributed by atoms with van der Waals surface area (Å²) in [4.78, 5) is 12.0. The van der Waals surface area contributed by atoms with Gasteiger partial charge in [-0.05, 0) is 55.3 Å². The van der Waals surface area contributed by atoms with E-state index in [2.05, 4.69) is 0 Å². The van der Waals surface area contributed by atoms with Gasteiger partial charge in [-0.1, -0.05) is 6.07 Å². The van der Waals surface area contributed by atoms with Gasteiger partial charge in [0.1, 0.15) is 11.5 Å². The van der Waals surface area contributed by atoms with Gasteiger partial charge in [-0.25, -0.2) is 0 Å². The Bertz CT molecular complexity index is 592. The van der Waals surface area contributed by atoms with Gasteiger partial charge in [0.25, 0.3) is 0 Å². The van der Waals surface area contributed by atoms with E-state index < -0.39 is 0 Å². The molecule has 0 bridgehead atoms. The molecule has 1 N–H and O–H groups in total. The van der Waals surface area contributed by atoms with E-state index in [1.54, 1.807) is 37.5 Å². The van der Waals surface area contributed by atoms with Gasteiger partial charge in [0, 0.05) is 0 Å². The summed E-state index contributed by atoms with van der Waals surface area (Å²) in [5, 5.41) is 9.87. The van der Waals surface area contributed by atoms with E-state index in [1.165, 1.54) is 6.08 Å². The lowest BCUT2D eigenvalue weighted by molar-refractivity contribution is 0.104. The Morgan fingerprint density at radius 2 is 2.11 bits per heavy atom. The Kier molecular flexibility index (Phi) is 3.33. The van der Waals surface area contributed by atoms with Crippen molar-refractivity contribution < 1.29 is 14.3 Å². The number of ketones is 1. The lowest BCUT2D eigenvalue weighted by Gasteiger charge is -2.05. The summed E-state index contributed by atoms with van der Waals surface area (Å²) >= 11 is 0. The smallest absolute Gasteiger partial charge is 0.189 e. The van der Waals surface area contributed by atoms with Crippen LogP contribution in [0.4, 0.5) is 0 Å². The molecule has 1 aromatic carbocycles. The molecule has 0 aliphatic heterocycles. The molecule has 1 heterocycles. The maximum atomic E-state index is 12.0. The number of rotatable bonds is 3. The van der Waals surface area contributed by atoms with Crippen molar-refractivity contribution in [3.8, 4) is 5.75 Å². The highest BCUT2D eigenvalue weighted by molar-refractivity contribution is 6.08. The number of phenolic OH excluding ortho intramolecular Hbond substituents is 1. The molecule has 3 nitrogen and oxygen atoms in total. The molecule has 0 spiro atoms. The van der Waals surface area contributed by atoms with E-state index in [0.29, 0.717) is 16.9 Å². The van der Waals surface area contributed by atoms with E-state index in [0.717, 1.165) is 5.56 Å². The number of hydrogen-bond acceptors (Lipinski definition) is 3. The van der Waals surface area contributed by atoms with Gasteiger partial charge < -0.3 is 9.52 Å². The van der Waals surface area contributed by atoms with Crippen LogP contribution in [0.5, 0.6) is 5.75 Å². The fourth-order valence-corrected chi connectivity index (χ4v) is 1.78. The minimum absolute atomic E-state index is 0.0368. The minimum atomic E-state index is -0.240. The van der Waals surface area contributed by atoms with E-state index in [4.69, 9.17) is 4.42 Å². The number of benzene rings is 1. The quantitative estimate of drug-likeness (QED) is 0.662. The summed E-state index contributed by atoms with van der Waals surface area (Å²) in [5.41, 5.74) is 1.96. The van der Waals surface area contributed by atoms with Crippen LogP contribution in [0.2, 0.25) is 0 Å². The van der Waals surface area contributed by atoms with Crippen LogP contribution in [0.15, 0.2) is 41.0 Å². The molecule has 2 aromatic rings. The molecule has 92 valence electrons. The molecule has 1 aromatic heterocycles. The zero-order valence-corrected chi connectivity index (χ0v) is 10.3. The lowest BCUT2D eigenvalue weighted by Crippen LogP contribution is -1.97. The minimum Gasteiger partial charge on any atom is -0.507 e. The fraction of sp³-hybridized carbons (Fsp3) is 0.133. The highest BCUT2D eigenvalue weighted by atomic mass is 16.3. The van der Waals surface area contributed by atoms with Crippen LogP contribution in [0.25, 0.3) is 6.08 Å². The van der Waals surface area contributed by atoms with Crippen molar-refractivity contribution >= 4 is 11.9 Å². The van der Waals surface area contributed by atoms with E-state index in [1.807, 2.05) is 13.0 Å². The van der Waals surface area contributed by atoms with Crippen molar-refractivity contribution in [2.45, 2.75) is 13.8 Å². The predicted molar refractivity (Wildman–Crippen MR) is 69.7 cm³/mol. The van der Waals surface area contributed by atoms with Crippen LogP contribution >= 0.6 is 0 Å². The Hall–Kier alpha value is -2.29. The number of aryl methyl sites for hydroxylation is 2. The molecule has 0 atom stereocenters. The van der Waals surface area contributed by atoms with Crippen molar-refractivity contribution in [1.29, 1.82) is 0 Å². The van der Waals surface area contributed by atoms with Gasteiger partial charge in [0.15, 0.2) is 5.78 Å². The largest absolute Gasteiger partial charge is 0.507 e. The van der Waals surface area contributed by atoms with Gasteiger partial charge in [-0.15, -0.1) is 0 Å². The van der Waals surface area contributed by atoms with Crippen molar-refractivity contribution in [2.75, 3.05) is 0 Å². The Balaban J connectivity index is 2.29. The van der Waals surface area contributed by atoms with Crippen molar-refractivity contribution in [3.05, 3.63) is 59.1 Å². The molecular formula is C15H14O3. The average molecular weight is 242 g/mol. The predicted octanol–water partition coefficient (Wildman–Crippen LogP) is 3.50. The van der Waals surface area contributed by atoms with Crippen molar-refractivity contribution in [1.82, 2.24) is 0 Å². The zero-order chi connectivity index (χ0) is 13.1. The molecule has 0 saturated heterocycles. The molecule has 2 rings (SSSR count). The SMILES string of the molecule is Cc1cc(C)c(O)c(C(=O)C=Cc2ccco2)c1. The number of furan rings is 1. The maximum Gasteiger partial charge on any atom is 0.189 e. The number of allylic oxidation sites excluding steroid dienone is 1. The summed E-state index contributed by atoms with van der Waals surface area (Å²) in [7, 11) is 0. The zero-order valence-electron chi connectivity index (χ0n) is 10.3. The highest BCUT2D eigenvalue weighted by Gasteiger charge is 2.11. The number of carbonyl (C=O) groups is 1. The van der Waals surface area contributed by atoms with Crippen molar-refractivity contribution in [2.24, 2.45) is 0 Å². The second-order valence-electron chi connectivity index (χ2n) is 4.19. The first kappa shape index (κ1) is 12.2. The molecule has 0 fully saturated rings. The molecule has 18 heavy (non-hydrogen) atoms. The number of phenols is 1.